The molecule has 178 valence electrons. The van der Waals surface area contributed by atoms with Gasteiger partial charge in [-0.25, -0.2) is 22.8 Å². The monoisotopic (exact) mass is 495 g/mol. The number of fused-ring (bicyclic) bond motifs is 1. The first-order chi connectivity index (χ1) is 15.7. The van der Waals surface area contributed by atoms with Gasteiger partial charge < -0.3 is 9.15 Å². The maximum Gasteiger partial charge on any atom is 0.434 e. The minimum Gasteiger partial charge on any atom is -0.495 e. The number of aromatic nitrogens is 2. The van der Waals surface area contributed by atoms with Gasteiger partial charge in [-0.05, 0) is 48.2 Å². The Hall–Kier alpha value is -2.49. The molecule has 1 aromatic heterocycles. The van der Waals surface area contributed by atoms with E-state index < -0.39 is 28.7 Å². The topological polar surface area (TPSA) is 88.4 Å². The van der Waals surface area contributed by atoms with Crippen LogP contribution in [0.5, 0.6) is 5.75 Å². The van der Waals surface area contributed by atoms with Crippen molar-refractivity contribution in [1.82, 2.24) is 14.5 Å². The second-order valence-corrected chi connectivity index (χ2v) is 9.32. The number of halogens is 2. The molecule has 4 rings (SSSR count). The van der Waals surface area contributed by atoms with Crippen molar-refractivity contribution >= 4 is 22.6 Å². The third kappa shape index (κ3) is 4.62. The number of hydrogen-bond acceptors (Lipinski definition) is 5. The van der Waals surface area contributed by atoms with Crippen LogP contribution in [0.4, 0.5) is 4.39 Å². The molecule has 7 nitrogen and oxygen atoms in total. The van der Waals surface area contributed by atoms with Crippen molar-refractivity contribution in [2.24, 2.45) is 0 Å². The molecule has 2 heterocycles. The Morgan fingerprint density at radius 2 is 2.00 bits per heavy atom. The van der Waals surface area contributed by atoms with Gasteiger partial charge in [0.2, 0.25) is 5.89 Å². The van der Waals surface area contributed by atoms with Crippen molar-refractivity contribution < 1.29 is 17.8 Å². The summed E-state index contributed by atoms with van der Waals surface area (Å²) in [6.07, 6.45) is 0. The van der Waals surface area contributed by atoms with E-state index in [4.69, 9.17) is 20.8 Å². The smallest absolute Gasteiger partial charge is 0.434 e. The molecule has 0 spiro atoms. The molecule has 3 atom stereocenters. The van der Waals surface area contributed by atoms with Gasteiger partial charge in [-0.1, -0.05) is 38.4 Å². The average molecular weight is 496 g/mol. The van der Waals surface area contributed by atoms with Crippen molar-refractivity contribution in [3.8, 4) is 5.75 Å². The van der Waals surface area contributed by atoms with E-state index in [-0.39, 0.29) is 18.3 Å². The maximum absolute atomic E-state index is 14.9. The normalized spacial score (nSPS) is 17.2. The Kier molecular flexibility index (Phi) is 7.76. The first-order valence-electron chi connectivity index (χ1n) is 10.6. The van der Waals surface area contributed by atoms with Gasteiger partial charge in [0.25, 0.3) is 0 Å². The van der Waals surface area contributed by atoms with E-state index in [1.165, 1.54) is 13.2 Å². The summed E-state index contributed by atoms with van der Waals surface area (Å²) in [6, 6.07) is 5.65. The van der Waals surface area contributed by atoms with Crippen LogP contribution in [0.3, 0.4) is 0 Å². The highest BCUT2D eigenvalue weighted by Gasteiger charge is 2.42. The second-order valence-electron chi connectivity index (χ2n) is 7.51. The third-order valence-electron chi connectivity index (χ3n) is 5.71. The summed E-state index contributed by atoms with van der Waals surface area (Å²) in [5.41, 5.74) is 2.87. The quantitative estimate of drug-likeness (QED) is 0.526. The molecule has 0 aliphatic carbocycles. The lowest BCUT2D eigenvalue weighted by molar-refractivity contribution is 0.250. The summed E-state index contributed by atoms with van der Waals surface area (Å²) in [5, 5.41) is 6.69. The molecule has 2 aromatic carbocycles. The van der Waals surface area contributed by atoms with Gasteiger partial charge in [-0.2, -0.15) is 0 Å². The van der Waals surface area contributed by atoms with E-state index in [0.29, 0.717) is 21.2 Å². The second kappa shape index (κ2) is 10.2. The van der Waals surface area contributed by atoms with Gasteiger partial charge in [0.05, 0.1) is 7.11 Å². The number of aryl methyl sites for hydroxylation is 1. The lowest BCUT2D eigenvalue weighted by Gasteiger charge is -2.30. The van der Waals surface area contributed by atoms with E-state index in [1.807, 2.05) is 27.7 Å². The van der Waals surface area contributed by atoms with Gasteiger partial charge in [0.1, 0.15) is 33.5 Å². The zero-order valence-corrected chi connectivity index (χ0v) is 20.9. The summed E-state index contributed by atoms with van der Waals surface area (Å²) in [6.45, 7) is 9.76. The molecule has 1 aliphatic heterocycles. The largest absolute Gasteiger partial charge is 0.495 e. The zero-order valence-electron chi connectivity index (χ0n) is 19.4. The molecule has 0 saturated carbocycles. The Labute approximate surface area is 199 Å². The average Bonchev–Trinajstić information content (AvgIpc) is 3.35. The fourth-order valence-electron chi connectivity index (χ4n) is 4.11. The van der Waals surface area contributed by atoms with Crippen molar-refractivity contribution in [3.63, 3.8) is 0 Å². The van der Waals surface area contributed by atoms with Crippen molar-refractivity contribution in [1.29, 1.82) is 0 Å². The number of nitrogens with one attached hydrogen (secondary N) is 1. The molecule has 1 N–H and O–H groups in total. The SMILES string of the molecule is CC.COc1cc(Cl)cc2c1S(=O)N(C(c1n[nH]c(=O)o1)C(C)c1c(F)ccc(C)c1C)C2. The van der Waals surface area contributed by atoms with Crippen LogP contribution in [0, 0.1) is 19.7 Å². The molecule has 3 unspecified atom stereocenters. The summed E-state index contributed by atoms with van der Waals surface area (Å²) in [4.78, 5) is 12.2. The fourth-order valence-corrected chi connectivity index (χ4v) is 5.97. The molecule has 0 fully saturated rings. The van der Waals surface area contributed by atoms with Crippen LogP contribution in [0.1, 0.15) is 60.9 Å². The van der Waals surface area contributed by atoms with Gasteiger partial charge in [-0.3, -0.25) is 0 Å². The lowest BCUT2D eigenvalue weighted by Crippen LogP contribution is -2.30. The summed E-state index contributed by atoms with van der Waals surface area (Å²) < 4.78 is 40.7. The minimum absolute atomic E-state index is 0.0315. The zero-order chi connectivity index (χ0) is 24.4. The van der Waals surface area contributed by atoms with Crippen LogP contribution in [0.2, 0.25) is 5.02 Å². The van der Waals surface area contributed by atoms with Crippen molar-refractivity contribution in [2.75, 3.05) is 7.11 Å². The van der Waals surface area contributed by atoms with Crippen molar-refractivity contribution in [3.05, 3.63) is 73.8 Å². The number of ether oxygens (including phenoxy) is 1. The highest BCUT2D eigenvalue weighted by atomic mass is 35.5. The fraction of sp³-hybridized carbons (Fsp3) is 0.391. The van der Waals surface area contributed by atoms with Crippen LogP contribution in [-0.4, -0.2) is 25.8 Å². The van der Waals surface area contributed by atoms with Crippen LogP contribution < -0.4 is 10.5 Å². The summed E-state index contributed by atoms with van der Waals surface area (Å²) >= 11 is 6.20. The molecule has 0 radical (unpaired) electrons. The first kappa shape index (κ1) is 25.1. The van der Waals surface area contributed by atoms with E-state index in [2.05, 4.69) is 10.2 Å². The molecule has 0 amide bonds. The highest BCUT2D eigenvalue weighted by Crippen LogP contribution is 2.46. The number of H-pyrrole nitrogens is 1. The van der Waals surface area contributed by atoms with Crippen LogP contribution >= 0.6 is 11.6 Å². The van der Waals surface area contributed by atoms with E-state index in [1.54, 1.807) is 29.4 Å². The predicted molar refractivity (Wildman–Crippen MR) is 125 cm³/mol. The van der Waals surface area contributed by atoms with E-state index in [9.17, 15) is 13.4 Å². The molecule has 1 aliphatic rings. The highest BCUT2D eigenvalue weighted by molar-refractivity contribution is 7.83. The Morgan fingerprint density at radius 3 is 2.61 bits per heavy atom. The molecular weight excluding hydrogens is 469 g/mol. The number of rotatable bonds is 5. The van der Waals surface area contributed by atoms with Crippen LogP contribution in [0.25, 0.3) is 0 Å². The number of benzene rings is 2. The Bertz CT molecular complexity index is 1240. The predicted octanol–water partition coefficient (Wildman–Crippen LogP) is 5.19. The lowest BCUT2D eigenvalue weighted by atomic mass is 9.87. The standard InChI is InChI=1S/C21H21ClFN3O4S.C2H6/c1-10-5-6-15(23)17(11(10)2)12(3)18(20-24-25-21(27)30-20)26-9-13-7-14(22)8-16(29-4)19(13)31(26)28;1-2/h5-8,12,18H,9H2,1-4H3,(H,25,27);1-2H3. The molecular formula is C23H27ClFN3O4S. The molecule has 0 bridgehead atoms. The van der Waals surface area contributed by atoms with E-state index in [0.717, 1.165) is 16.7 Å². The number of methoxy groups -OCH3 is 1. The molecule has 0 saturated heterocycles. The third-order valence-corrected chi connectivity index (χ3v) is 7.52. The van der Waals surface area contributed by atoms with Gasteiger partial charge in [0, 0.05) is 23.6 Å². The first-order valence-corrected chi connectivity index (χ1v) is 12.1. The minimum atomic E-state index is -1.68. The van der Waals surface area contributed by atoms with Gasteiger partial charge in [-0.15, -0.1) is 5.10 Å². The Morgan fingerprint density at radius 1 is 1.30 bits per heavy atom. The van der Waals surface area contributed by atoms with Gasteiger partial charge in [0.15, 0.2) is 0 Å². The van der Waals surface area contributed by atoms with E-state index >= 15 is 0 Å². The number of nitrogens with zero attached hydrogens (tertiary/aromatic N) is 2. The van der Waals surface area contributed by atoms with Crippen LogP contribution in [0.15, 0.2) is 38.4 Å². The maximum atomic E-state index is 14.9. The molecule has 10 heteroatoms. The number of hydrogen-bond donors (Lipinski definition) is 1. The van der Waals surface area contributed by atoms with Crippen molar-refractivity contribution in [2.45, 2.75) is 58.0 Å². The summed E-state index contributed by atoms with van der Waals surface area (Å²) in [5.74, 6) is -1.23. The van der Waals surface area contributed by atoms with Gasteiger partial charge >= 0.3 is 5.76 Å². The number of aromatic amines is 1. The molecule has 3 aromatic rings. The summed E-state index contributed by atoms with van der Waals surface area (Å²) in [7, 11) is -0.202. The Balaban J connectivity index is 0.00000149. The van der Waals surface area contributed by atoms with Crippen LogP contribution in [-0.2, 0) is 17.5 Å². The molecule has 33 heavy (non-hydrogen) atoms.